The van der Waals surface area contributed by atoms with Gasteiger partial charge in [0.25, 0.3) is 11.5 Å². The Morgan fingerprint density at radius 2 is 2.05 bits per heavy atom. The number of benzene rings is 1. The van der Waals surface area contributed by atoms with E-state index in [1.54, 1.807) is 38.3 Å². The fraction of sp³-hybridized carbons (Fsp3) is 0.286. The van der Waals surface area contributed by atoms with Crippen LogP contribution in [0.3, 0.4) is 0 Å². The van der Waals surface area contributed by atoms with Gasteiger partial charge in [-0.1, -0.05) is 0 Å². The van der Waals surface area contributed by atoms with Crippen molar-refractivity contribution in [3.8, 4) is 5.75 Å². The van der Waals surface area contributed by atoms with Crippen LogP contribution in [0.1, 0.15) is 17.4 Å². The van der Waals surface area contributed by atoms with E-state index in [1.165, 1.54) is 7.11 Å². The molecule has 0 radical (unpaired) electrons. The van der Waals surface area contributed by atoms with Gasteiger partial charge in [-0.2, -0.15) is 0 Å². The molecule has 0 unspecified atom stereocenters. The summed E-state index contributed by atoms with van der Waals surface area (Å²) in [5.74, 6) is 0.255. The molecular weight excluding hydrogens is 260 g/mol. The van der Waals surface area contributed by atoms with Gasteiger partial charge in [0, 0.05) is 6.54 Å². The van der Waals surface area contributed by atoms with E-state index in [2.05, 4.69) is 5.32 Å². The summed E-state index contributed by atoms with van der Waals surface area (Å²) in [6, 6.07) is 6.65. The van der Waals surface area contributed by atoms with Crippen LogP contribution < -0.4 is 20.5 Å². The number of rotatable bonds is 4. The van der Waals surface area contributed by atoms with Gasteiger partial charge in [0.05, 0.1) is 12.5 Å². The minimum Gasteiger partial charge on any atom is -0.497 e. The van der Waals surface area contributed by atoms with E-state index < -0.39 is 0 Å². The van der Waals surface area contributed by atoms with E-state index >= 15 is 0 Å². The Morgan fingerprint density at radius 1 is 1.30 bits per heavy atom. The third-order valence-electron chi connectivity index (χ3n) is 2.94. The first-order valence-electron chi connectivity index (χ1n) is 6.18. The van der Waals surface area contributed by atoms with Gasteiger partial charge in [-0.25, -0.2) is 0 Å². The zero-order chi connectivity index (χ0) is 14.7. The molecule has 0 aliphatic carbocycles. The molecule has 0 saturated carbocycles. The highest BCUT2D eigenvalue weighted by atomic mass is 16.7. The van der Waals surface area contributed by atoms with Gasteiger partial charge in [-0.15, -0.1) is 4.73 Å². The number of hydrogen-bond acceptors (Lipinski definition) is 4. The van der Waals surface area contributed by atoms with Crippen LogP contribution in [0.15, 0.2) is 29.1 Å². The second-order valence-corrected chi connectivity index (χ2v) is 4.12. The number of nitrogens with one attached hydrogen (secondary N) is 1. The second kappa shape index (κ2) is 5.64. The highest BCUT2D eigenvalue weighted by Crippen LogP contribution is 2.19. The largest absolute Gasteiger partial charge is 0.497 e. The molecule has 2 aromatic rings. The Labute approximate surface area is 115 Å². The number of nitrogens with zero attached hydrogens (tertiary/aromatic N) is 1. The molecule has 0 atom stereocenters. The monoisotopic (exact) mass is 276 g/mol. The van der Waals surface area contributed by atoms with Gasteiger partial charge in [-0.05, 0) is 36.6 Å². The number of methoxy groups -OCH3 is 1. The topological polar surface area (TPSA) is 69.6 Å². The minimum atomic E-state index is -0.381. The minimum absolute atomic E-state index is 0.153. The van der Waals surface area contributed by atoms with Crippen LogP contribution in [-0.2, 0) is 0 Å². The predicted octanol–water partition coefficient (Wildman–Crippen LogP) is 0.818. The summed E-state index contributed by atoms with van der Waals surface area (Å²) in [6.07, 6.45) is 0. The molecule has 106 valence electrons. The standard InChI is InChI=1S/C14H16N2O4/c1-4-15-13(17)12-8-9-7-10(19-2)5-6-11(9)14(18)16(12)20-3/h5-8H,4H2,1-3H3,(H,15,17). The molecule has 2 rings (SSSR count). The molecule has 1 N–H and O–H groups in total. The van der Waals surface area contributed by atoms with Crippen LogP contribution in [0.25, 0.3) is 10.8 Å². The summed E-state index contributed by atoms with van der Waals surface area (Å²) in [5, 5.41) is 3.73. The zero-order valence-electron chi connectivity index (χ0n) is 11.6. The maximum atomic E-state index is 12.3. The van der Waals surface area contributed by atoms with Gasteiger partial charge in [0.1, 0.15) is 18.6 Å². The quantitative estimate of drug-likeness (QED) is 0.897. The van der Waals surface area contributed by atoms with Crippen molar-refractivity contribution < 1.29 is 14.4 Å². The predicted molar refractivity (Wildman–Crippen MR) is 75.3 cm³/mol. The van der Waals surface area contributed by atoms with Crippen molar-refractivity contribution >= 4 is 16.7 Å². The summed E-state index contributed by atoms with van der Waals surface area (Å²) < 4.78 is 6.11. The molecule has 1 aromatic heterocycles. The maximum Gasteiger partial charge on any atom is 0.291 e. The fourth-order valence-electron chi connectivity index (χ4n) is 2.00. The number of hydrogen-bond donors (Lipinski definition) is 1. The number of ether oxygens (including phenoxy) is 1. The number of carbonyl (C=O) groups is 1. The van der Waals surface area contributed by atoms with E-state index in [-0.39, 0.29) is 17.2 Å². The molecule has 0 fully saturated rings. The van der Waals surface area contributed by atoms with E-state index in [9.17, 15) is 9.59 Å². The Balaban J connectivity index is 2.73. The number of aromatic nitrogens is 1. The lowest BCUT2D eigenvalue weighted by Gasteiger charge is -2.12. The molecule has 0 aliphatic heterocycles. The van der Waals surface area contributed by atoms with Crippen molar-refractivity contribution in [1.82, 2.24) is 10.0 Å². The molecule has 1 amide bonds. The van der Waals surface area contributed by atoms with Crippen molar-refractivity contribution in [3.05, 3.63) is 40.3 Å². The molecule has 0 bridgehead atoms. The molecule has 0 spiro atoms. The maximum absolute atomic E-state index is 12.3. The summed E-state index contributed by atoms with van der Waals surface area (Å²) in [6.45, 7) is 2.27. The van der Waals surface area contributed by atoms with Crippen molar-refractivity contribution in [2.24, 2.45) is 0 Å². The van der Waals surface area contributed by atoms with Gasteiger partial charge >= 0.3 is 0 Å². The molecule has 1 aromatic carbocycles. The van der Waals surface area contributed by atoms with Crippen LogP contribution >= 0.6 is 0 Å². The average molecular weight is 276 g/mol. The van der Waals surface area contributed by atoms with Crippen LogP contribution in [-0.4, -0.2) is 31.4 Å². The van der Waals surface area contributed by atoms with Crippen molar-refractivity contribution in [2.45, 2.75) is 6.92 Å². The van der Waals surface area contributed by atoms with Gasteiger partial charge in [0.2, 0.25) is 0 Å². The van der Waals surface area contributed by atoms with E-state index in [0.29, 0.717) is 23.1 Å². The van der Waals surface area contributed by atoms with E-state index in [0.717, 1.165) is 4.73 Å². The fourth-order valence-corrected chi connectivity index (χ4v) is 2.00. The highest BCUT2D eigenvalue weighted by molar-refractivity contribution is 5.96. The Bertz CT molecular complexity index is 706. The summed E-state index contributed by atoms with van der Waals surface area (Å²) in [4.78, 5) is 29.3. The first-order valence-corrected chi connectivity index (χ1v) is 6.18. The van der Waals surface area contributed by atoms with Crippen LogP contribution in [0.2, 0.25) is 0 Å². The average Bonchev–Trinajstić information content (AvgIpc) is 2.46. The number of pyridine rings is 1. The molecule has 6 heteroatoms. The van der Waals surface area contributed by atoms with Crippen LogP contribution in [0, 0.1) is 0 Å². The first-order chi connectivity index (χ1) is 9.62. The zero-order valence-corrected chi connectivity index (χ0v) is 11.6. The third-order valence-corrected chi connectivity index (χ3v) is 2.94. The van der Waals surface area contributed by atoms with Crippen molar-refractivity contribution in [1.29, 1.82) is 0 Å². The van der Waals surface area contributed by atoms with Crippen molar-refractivity contribution in [2.75, 3.05) is 20.8 Å². The molecule has 0 saturated heterocycles. The number of carbonyl (C=O) groups excluding carboxylic acids is 1. The molecular formula is C14H16N2O4. The first kappa shape index (κ1) is 13.9. The summed E-state index contributed by atoms with van der Waals surface area (Å²) in [7, 11) is 2.89. The second-order valence-electron chi connectivity index (χ2n) is 4.12. The number of fused-ring (bicyclic) bond motifs is 1. The lowest BCUT2D eigenvalue weighted by molar-refractivity contribution is 0.0886. The van der Waals surface area contributed by atoms with E-state index in [4.69, 9.17) is 9.57 Å². The molecule has 6 nitrogen and oxygen atoms in total. The molecule has 1 heterocycles. The summed E-state index contributed by atoms with van der Waals surface area (Å²) >= 11 is 0. The SMILES string of the molecule is CCNC(=O)c1cc2cc(OC)ccc2c(=O)n1OC. The van der Waals surface area contributed by atoms with Crippen LogP contribution in [0.5, 0.6) is 5.75 Å². The normalized spacial score (nSPS) is 10.3. The Hall–Kier alpha value is -2.50. The van der Waals surface area contributed by atoms with Gasteiger partial charge < -0.3 is 14.9 Å². The summed E-state index contributed by atoms with van der Waals surface area (Å²) in [5.41, 5.74) is -0.228. The lowest BCUT2D eigenvalue weighted by atomic mass is 10.1. The number of amides is 1. The third kappa shape index (κ3) is 2.32. The van der Waals surface area contributed by atoms with E-state index in [1.807, 2.05) is 0 Å². The van der Waals surface area contributed by atoms with Crippen molar-refractivity contribution in [3.63, 3.8) is 0 Å². The van der Waals surface area contributed by atoms with Gasteiger partial charge in [0.15, 0.2) is 0 Å². The van der Waals surface area contributed by atoms with Gasteiger partial charge in [-0.3, -0.25) is 9.59 Å². The smallest absolute Gasteiger partial charge is 0.291 e. The Morgan fingerprint density at radius 3 is 2.65 bits per heavy atom. The molecule has 20 heavy (non-hydrogen) atoms. The Kier molecular flexibility index (Phi) is 3.93. The van der Waals surface area contributed by atoms with Crippen LogP contribution in [0.4, 0.5) is 0 Å². The lowest BCUT2D eigenvalue weighted by Crippen LogP contribution is -2.34. The molecule has 0 aliphatic rings. The highest BCUT2D eigenvalue weighted by Gasteiger charge is 2.16.